The fraction of sp³-hybridized carbons (Fsp3) is 0.269. The Morgan fingerprint density at radius 1 is 1.35 bits per heavy atom. The van der Waals surface area contributed by atoms with Crippen molar-refractivity contribution in [3.05, 3.63) is 89.2 Å². The number of aromatic nitrogens is 2. The first-order chi connectivity index (χ1) is 16.6. The maximum Gasteiger partial charge on any atom is 0.274 e. The van der Waals surface area contributed by atoms with Gasteiger partial charge in [0.15, 0.2) is 5.13 Å². The average molecular weight is 475 g/mol. The highest BCUT2D eigenvalue weighted by molar-refractivity contribution is 7.14. The van der Waals surface area contributed by atoms with Gasteiger partial charge in [0.1, 0.15) is 5.69 Å². The van der Waals surface area contributed by atoms with Crippen LogP contribution in [0.1, 0.15) is 40.6 Å². The van der Waals surface area contributed by atoms with Crippen molar-refractivity contribution < 1.29 is 4.79 Å². The van der Waals surface area contributed by atoms with Crippen LogP contribution in [0.15, 0.2) is 77.3 Å². The van der Waals surface area contributed by atoms with Crippen molar-refractivity contribution in [2.75, 3.05) is 23.8 Å². The predicted octanol–water partition coefficient (Wildman–Crippen LogP) is 4.81. The molecule has 2 aromatic heterocycles. The van der Waals surface area contributed by atoms with Gasteiger partial charge in [-0.25, -0.2) is 4.98 Å². The fourth-order valence-electron chi connectivity index (χ4n) is 4.17. The van der Waals surface area contributed by atoms with Crippen molar-refractivity contribution in [1.82, 2.24) is 9.55 Å². The fourth-order valence-corrected chi connectivity index (χ4v) is 4.93. The quantitative estimate of drug-likeness (QED) is 0.344. The molecule has 0 saturated carbocycles. The molecule has 3 heterocycles. The summed E-state index contributed by atoms with van der Waals surface area (Å²) in [5.41, 5.74) is 10.6. The number of amides is 1. The number of thiazole rings is 1. The summed E-state index contributed by atoms with van der Waals surface area (Å²) in [6, 6.07) is 12.3. The molecule has 176 valence electrons. The number of nitrogens with zero attached hydrogens (tertiary/aromatic N) is 4. The second kappa shape index (κ2) is 11.1. The van der Waals surface area contributed by atoms with Crippen LogP contribution in [-0.2, 0) is 13.1 Å². The Morgan fingerprint density at radius 3 is 2.91 bits per heavy atom. The smallest absolute Gasteiger partial charge is 0.274 e. The molecule has 1 atom stereocenters. The van der Waals surface area contributed by atoms with Crippen LogP contribution in [-0.4, -0.2) is 35.3 Å². The summed E-state index contributed by atoms with van der Waals surface area (Å²) in [6.45, 7) is 5.92. The molecule has 0 radical (unpaired) electrons. The van der Waals surface area contributed by atoms with Crippen LogP contribution >= 0.6 is 11.3 Å². The second-order valence-corrected chi connectivity index (χ2v) is 8.99. The SMILES string of the molecule is C=C/C(=C\C=NC)Cn1cccc1C(=O)Nc1nc(C2CCCN2c2ccc(CN)cc2)cs1. The molecule has 0 bridgehead atoms. The standard InChI is InChI=1S/C26H30N6OS/c1-3-19(12-13-28-2)17-31-14-4-7-24(31)25(33)30-26-29-22(18-34-26)23-6-5-15-32(23)21-10-8-20(16-27)9-11-21/h3-4,7-14,18,23H,1,5-6,15-17,27H2,2H3,(H,29,30,33)/b19-12+,28-13?. The number of hydrogen-bond acceptors (Lipinski definition) is 6. The van der Waals surface area contributed by atoms with Crippen molar-refractivity contribution in [3.8, 4) is 0 Å². The highest BCUT2D eigenvalue weighted by Crippen LogP contribution is 2.37. The molecule has 1 unspecified atom stereocenters. The summed E-state index contributed by atoms with van der Waals surface area (Å²) in [6.07, 6.45) is 9.41. The van der Waals surface area contributed by atoms with Gasteiger partial charge in [-0.05, 0) is 54.3 Å². The zero-order valence-electron chi connectivity index (χ0n) is 19.4. The average Bonchev–Trinajstić information content (AvgIpc) is 3.62. The van der Waals surface area contributed by atoms with E-state index in [0.29, 0.717) is 23.9 Å². The van der Waals surface area contributed by atoms with Gasteiger partial charge in [0.05, 0.1) is 11.7 Å². The minimum atomic E-state index is -0.181. The summed E-state index contributed by atoms with van der Waals surface area (Å²) in [7, 11) is 1.72. The van der Waals surface area contributed by atoms with E-state index in [2.05, 4.69) is 51.4 Å². The lowest BCUT2D eigenvalue weighted by Gasteiger charge is -2.25. The number of carbonyl (C=O) groups is 1. The molecule has 3 aromatic rings. The van der Waals surface area contributed by atoms with E-state index in [4.69, 9.17) is 10.7 Å². The number of carbonyl (C=O) groups excluding carboxylic acids is 1. The Hall–Kier alpha value is -3.49. The first-order valence-electron chi connectivity index (χ1n) is 11.3. The Bertz CT molecular complexity index is 1190. The molecule has 0 aliphatic carbocycles. The molecule has 1 aliphatic rings. The zero-order valence-corrected chi connectivity index (χ0v) is 20.2. The first-order valence-corrected chi connectivity index (χ1v) is 12.2. The van der Waals surface area contributed by atoms with Gasteiger partial charge >= 0.3 is 0 Å². The number of benzene rings is 1. The minimum Gasteiger partial charge on any atom is -0.363 e. The molecule has 7 nitrogen and oxygen atoms in total. The molecule has 0 spiro atoms. The van der Waals surface area contributed by atoms with Gasteiger partial charge in [0, 0.05) is 50.2 Å². The second-order valence-electron chi connectivity index (χ2n) is 8.13. The molecular weight excluding hydrogens is 444 g/mol. The van der Waals surface area contributed by atoms with Crippen LogP contribution in [0.4, 0.5) is 10.8 Å². The summed E-state index contributed by atoms with van der Waals surface area (Å²) in [5.74, 6) is -0.181. The molecule has 1 saturated heterocycles. The van der Waals surface area contributed by atoms with Gasteiger partial charge in [-0.2, -0.15) is 0 Å². The highest BCUT2D eigenvalue weighted by Gasteiger charge is 2.28. The van der Waals surface area contributed by atoms with E-state index in [-0.39, 0.29) is 11.9 Å². The van der Waals surface area contributed by atoms with E-state index in [0.717, 1.165) is 36.2 Å². The minimum absolute atomic E-state index is 0.181. The number of hydrogen-bond donors (Lipinski definition) is 2. The van der Waals surface area contributed by atoms with Crippen molar-refractivity contribution >= 4 is 34.3 Å². The van der Waals surface area contributed by atoms with Crippen LogP contribution in [0.2, 0.25) is 0 Å². The molecular formula is C26H30N6OS. The summed E-state index contributed by atoms with van der Waals surface area (Å²) >= 11 is 1.46. The van der Waals surface area contributed by atoms with Gasteiger partial charge < -0.3 is 15.2 Å². The zero-order chi connectivity index (χ0) is 23.9. The number of nitrogens with two attached hydrogens (primary N) is 1. The predicted molar refractivity (Wildman–Crippen MR) is 141 cm³/mol. The van der Waals surface area contributed by atoms with Crippen molar-refractivity contribution in [2.24, 2.45) is 10.7 Å². The molecule has 1 aromatic carbocycles. The van der Waals surface area contributed by atoms with E-state index in [1.54, 1.807) is 19.3 Å². The van der Waals surface area contributed by atoms with Gasteiger partial charge in [0.25, 0.3) is 5.91 Å². The number of rotatable bonds is 9. The molecule has 3 N–H and O–H groups in total. The Kier molecular flexibility index (Phi) is 7.72. The lowest BCUT2D eigenvalue weighted by atomic mass is 10.1. The number of allylic oxidation sites excluding steroid dienone is 3. The number of aliphatic imine (C=N–C) groups is 1. The maximum atomic E-state index is 13.0. The van der Waals surface area contributed by atoms with Gasteiger partial charge in [-0.3, -0.25) is 15.1 Å². The topological polar surface area (TPSA) is 88.5 Å². The third-order valence-electron chi connectivity index (χ3n) is 5.96. The van der Waals surface area contributed by atoms with Crippen LogP contribution in [0.25, 0.3) is 0 Å². The summed E-state index contributed by atoms with van der Waals surface area (Å²) < 4.78 is 1.89. The third kappa shape index (κ3) is 5.35. The molecule has 34 heavy (non-hydrogen) atoms. The van der Waals surface area contributed by atoms with E-state index in [1.807, 2.05) is 29.0 Å². The molecule has 4 rings (SSSR count). The summed E-state index contributed by atoms with van der Waals surface area (Å²) in [4.78, 5) is 24.1. The lowest BCUT2D eigenvalue weighted by molar-refractivity contribution is 0.101. The number of anilines is 2. The number of nitrogens with one attached hydrogen (secondary N) is 1. The monoisotopic (exact) mass is 474 g/mol. The normalized spacial score (nSPS) is 16.4. The van der Waals surface area contributed by atoms with Crippen molar-refractivity contribution in [1.29, 1.82) is 0 Å². The molecule has 1 fully saturated rings. The maximum absolute atomic E-state index is 13.0. The van der Waals surface area contributed by atoms with Crippen LogP contribution in [0, 0.1) is 0 Å². The first kappa shape index (κ1) is 23.7. The van der Waals surface area contributed by atoms with Gasteiger partial charge in [-0.15, -0.1) is 11.3 Å². The Labute approximate surface area is 204 Å². The molecule has 8 heteroatoms. The van der Waals surface area contributed by atoms with Crippen LogP contribution in [0.5, 0.6) is 0 Å². The Balaban J connectivity index is 1.45. The largest absolute Gasteiger partial charge is 0.363 e. The lowest BCUT2D eigenvalue weighted by Crippen LogP contribution is -2.23. The highest BCUT2D eigenvalue weighted by atomic mass is 32.1. The van der Waals surface area contributed by atoms with Crippen molar-refractivity contribution in [3.63, 3.8) is 0 Å². The molecule has 1 amide bonds. The Morgan fingerprint density at radius 2 is 2.18 bits per heavy atom. The summed E-state index contributed by atoms with van der Waals surface area (Å²) in [5, 5.41) is 5.63. The van der Waals surface area contributed by atoms with E-state index < -0.39 is 0 Å². The van der Waals surface area contributed by atoms with Gasteiger partial charge in [-0.1, -0.05) is 24.8 Å². The van der Waals surface area contributed by atoms with E-state index in [9.17, 15) is 4.79 Å². The van der Waals surface area contributed by atoms with Gasteiger partial charge in [0.2, 0.25) is 0 Å². The van der Waals surface area contributed by atoms with Crippen LogP contribution < -0.4 is 16.0 Å². The van der Waals surface area contributed by atoms with E-state index >= 15 is 0 Å². The third-order valence-corrected chi connectivity index (χ3v) is 6.73. The van der Waals surface area contributed by atoms with E-state index in [1.165, 1.54) is 17.0 Å². The van der Waals surface area contributed by atoms with Crippen molar-refractivity contribution in [2.45, 2.75) is 32.0 Å². The molecule has 1 aliphatic heterocycles. The van der Waals surface area contributed by atoms with Crippen LogP contribution in [0.3, 0.4) is 0 Å².